The molecule has 0 saturated heterocycles. The van der Waals surface area contributed by atoms with Gasteiger partial charge in [0.1, 0.15) is 6.54 Å². The number of imidazole rings is 1. The SMILES string of the molecule is CCCn1c(=O)n(CC(=O)NNC(=O)CSc2ccc(C)cc2)c2ccccc21. The number of fused-ring (bicyclic) bond motifs is 1. The van der Waals surface area contributed by atoms with Gasteiger partial charge in [0, 0.05) is 11.4 Å². The molecular weight excluding hydrogens is 388 g/mol. The van der Waals surface area contributed by atoms with Gasteiger partial charge in [-0.05, 0) is 37.6 Å². The minimum Gasteiger partial charge on any atom is -0.292 e. The first-order valence-electron chi connectivity index (χ1n) is 9.44. The Labute approximate surface area is 173 Å². The molecule has 0 atom stereocenters. The van der Waals surface area contributed by atoms with Crippen LogP contribution in [0.25, 0.3) is 11.0 Å². The lowest BCUT2D eigenvalue weighted by Crippen LogP contribution is -2.45. The number of hydrogen-bond acceptors (Lipinski definition) is 4. The number of nitrogens with one attached hydrogen (secondary N) is 2. The molecule has 8 heteroatoms. The third-order valence-corrected chi connectivity index (χ3v) is 5.42. The van der Waals surface area contributed by atoms with Crippen molar-refractivity contribution in [3.8, 4) is 0 Å². The molecule has 7 nitrogen and oxygen atoms in total. The topological polar surface area (TPSA) is 85.1 Å². The van der Waals surface area contributed by atoms with E-state index >= 15 is 0 Å². The minimum absolute atomic E-state index is 0.165. The number of thioether (sulfide) groups is 1. The second kappa shape index (κ2) is 9.47. The van der Waals surface area contributed by atoms with Gasteiger partial charge in [-0.15, -0.1) is 11.8 Å². The number of amides is 2. The summed E-state index contributed by atoms with van der Waals surface area (Å²) in [5.41, 5.74) is 7.21. The van der Waals surface area contributed by atoms with Crippen molar-refractivity contribution in [3.63, 3.8) is 0 Å². The summed E-state index contributed by atoms with van der Waals surface area (Å²) in [6.45, 7) is 4.42. The van der Waals surface area contributed by atoms with Crippen LogP contribution in [0.4, 0.5) is 0 Å². The third kappa shape index (κ3) is 5.08. The summed E-state index contributed by atoms with van der Waals surface area (Å²) < 4.78 is 3.09. The van der Waals surface area contributed by atoms with Crippen molar-refractivity contribution in [2.24, 2.45) is 0 Å². The lowest BCUT2D eigenvalue weighted by Gasteiger charge is -2.08. The van der Waals surface area contributed by atoms with Crippen molar-refractivity contribution in [2.45, 2.75) is 38.3 Å². The number of nitrogens with zero attached hydrogens (tertiary/aromatic N) is 2. The molecule has 3 aromatic rings. The number of carbonyl (C=O) groups is 2. The Hall–Kier alpha value is -3.00. The number of hydrazine groups is 1. The van der Waals surface area contributed by atoms with Crippen molar-refractivity contribution < 1.29 is 9.59 Å². The molecule has 1 aromatic heterocycles. The van der Waals surface area contributed by atoms with Gasteiger partial charge in [-0.3, -0.25) is 29.6 Å². The Bertz CT molecular complexity index is 1070. The Morgan fingerprint density at radius 2 is 1.55 bits per heavy atom. The fourth-order valence-electron chi connectivity index (χ4n) is 3.01. The summed E-state index contributed by atoms with van der Waals surface area (Å²) in [4.78, 5) is 37.9. The molecular formula is C21H24N4O3S. The summed E-state index contributed by atoms with van der Waals surface area (Å²) in [6.07, 6.45) is 0.814. The number of rotatable bonds is 7. The lowest BCUT2D eigenvalue weighted by atomic mass is 10.2. The van der Waals surface area contributed by atoms with Gasteiger partial charge in [0.15, 0.2) is 0 Å². The van der Waals surface area contributed by atoms with Gasteiger partial charge in [0.05, 0.1) is 16.8 Å². The Kier molecular flexibility index (Phi) is 6.77. The van der Waals surface area contributed by atoms with Crippen LogP contribution >= 0.6 is 11.8 Å². The largest absolute Gasteiger partial charge is 0.329 e. The second-order valence-electron chi connectivity index (χ2n) is 6.71. The van der Waals surface area contributed by atoms with E-state index in [1.54, 1.807) is 4.57 Å². The number of hydrogen-bond donors (Lipinski definition) is 2. The van der Waals surface area contributed by atoms with Crippen molar-refractivity contribution in [3.05, 3.63) is 64.6 Å². The summed E-state index contributed by atoms with van der Waals surface area (Å²) in [5, 5.41) is 0. The van der Waals surface area contributed by atoms with Crippen LogP contribution in [-0.4, -0.2) is 26.7 Å². The predicted molar refractivity (Wildman–Crippen MR) is 115 cm³/mol. The van der Waals surface area contributed by atoms with E-state index in [9.17, 15) is 14.4 Å². The van der Waals surface area contributed by atoms with E-state index in [0.717, 1.165) is 22.4 Å². The van der Waals surface area contributed by atoms with Gasteiger partial charge >= 0.3 is 5.69 Å². The van der Waals surface area contributed by atoms with Crippen molar-refractivity contribution >= 4 is 34.6 Å². The van der Waals surface area contributed by atoms with Gasteiger partial charge in [-0.2, -0.15) is 0 Å². The Balaban J connectivity index is 1.58. The van der Waals surface area contributed by atoms with E-state index in [1.165, 1.54) is 16.3 Å². The molecule has 152 valence electrons. The van der Waals surface area contributed by atoms with E-state index in [-0.39, 0.29) is 23.9 Å². The van der Waals surface area contributed by atoms with Crippen LogP contribution in [0.5, 0.6) is 0 Å². The average molecular weight is 413 g/mol. The van der Waals surface area contributed by atoms with Crippen molar-refractivity contribution in [1.29, 1.82) is 0 Å². The van der Waals surface area contributed by atoms with Crippen molar-refractivity contribution in [1.82, 2.24) is 20.0 Å². The quantitative estimate of drug-likeness (QED) is 0.461. The standard InChI is InChI=1S/C21H24N4O3S/c1-3-12-24-17-6-4-5-7-18(17)25(21(24)28)13-19(26)22-23-20(27)14-29-16-10-8-15(2)9-11-16/h4-11H,3,12-14H2,1-2H3,(H,22,26)(H,23,27). The highest BCUT2D eigenvalue weighted by molar-refractivity contribution is 8.00. The van der Waals surface area contributed by atoms with Gasteiger partial charge in [0.2, 0.25) is 5.91 Å². The highest BCUT2D eigenvalue weighted by Gasteiger charge is 2.15. The van der Waals surface area contributed by atoms with Crippen molar-refractivity contribution in [2.75, 3.05) is 5.75 Å². The monoisotopic (exact) mass is 412 g/mol. The maximum atomic E-state index is 12.7. The van der Waals surface area contributed by atoms with E-state index in [2.05, 4.69) is 10.9 Å². The van der Waals surface area contributed by atoms with Crippen LogP contribution in [0, 0.1) is 6.92 Å². The molecule has 2 amide bonds. The van der Waals surface area contributed by atoms with E-state index in [4.69, 9.17) is 0 Å². The van der Waals surface area contributed by atoms with Gasteiger partial charge < -0.3 is 0 Å². The van der Waals surface area contributed by atoms with Gasteiger partial charge in [0.25, 0.3) is 5.91 Å². The highest BCUT2D eigenvalue weighted by atomic mass is 32.2. The summed E-state index contributed by atoms with van der Waals surface area (Å²) in [7, 11) is 0. The van der Waals surface area contributed by atoms with Crippen LogP contribution in [0.15, 0.2) is 58.2 Å². The normalized spacial score (nSPS) is 10.8. The van der Waals surface area contributed by atoms with Gasteiger partial charge in [-0.1, -0.05) is 36.8 Å². The second-order valence-corrected chi connectivity index (χ2v) is 7.76. The molecule has 0 unspecified atom stereocenters. The molecule has 2 N–H and O–H groups in total. The van der Waals surface area contributed by atoms with Crippen LogP contribution in [0.2, 0.25) is 0 Å². The zero-order chi connectivity index (χ0) is 20.8. The molecule has 1 heterocycles. The molecule has 0 fully saturated rings. The Morgan fingerprint density at radius 1 is 0.931 bits per heavy atom. The van der Waals surface area contributed by atoms with Gasteiger partial charge in [-0.25, -0.2) is 4.79 Å². The molecule has 0 aliphatic heterocycles. The number of benzene rings is 2. The fourth-order valence-corrected chi connectivity index (χ4v) is 3.71. The number of para-hydroxylation sites is 2. The predicted octanol–water partition coefficient (Wildman–Crippen LogP) is 2.46. The summed E-state index contributed by atoms with van der Waals surface area (Å²) in [6, 6.07) is 15.2. The smallest absolute Gasteiger partial charge is 0.292 e. The fraction of sp³-hybridized carbons (Fsp3) is 0.286. The third-order valence-electron chi connectivity index (χ3n) is 4.41. The summed E-state index contributed by atoms with van der Waals surface area (Å²) in [5.74, 6) is -0.594. The molecule has 0 aliphatic carbocycles. The molecule has 3 rings (SSSR count). The zero-order valence-corrected chi connectivity index (χ0v) is 17.3. The minimum atomic E-state index is -0.458. The van der Waals surface area contributed by atoms with E-state index < -0.39 is 5.91 Å². The molecule has 0 saturated carbocycles. The molecule has 2 aromatic carbocycles. The molecule has 0 bridgehead atoms. The molecule has 0 radical (unpaired) electrons. The number of aryl methyl sites for hydroxylation is 2. The number of aromatic nitrogens is 2. The Morgan fingerprint density at radius 3 is 2.21 bits per heavy atom. The van der Waals surface area contributed by atoms with Crippen LogP contribution in [-0.2, 0) is 22.7 Å². The zero-order valence-electron chi connectivity index (χ0n) is 16.5. The maximum absolute atomic E-state index is 12.7. The first-order chi connectivity index (χ1) is 14.0. The summed E-state index contributed by atoms with van der Waals surface area (Å²) >= 11 is 1.38. The average Bonchev–Trinajstić information content (AvgIpc) is 2.98. The maximum Gasteiger partial charge on any atom is 0.329 e. The van der Waals surface area contributed by atoms with Crippen LogP contribution < -0.4 is 16.5 Å². The highest BCUT2D eigenvalue weighted by Crippen LogP contribution is 2.17. The van der Waals surface area contributed by atoms with E-state index in [1.807, 2.05) is 62.4 Å². The lowest BCUT2D eigenvalue weighted by molar-refractivity contribution is -0.128. The number of carbonyl (C=O) groups excluding carboxylic acids is 2. The molecule has 0 spiro atoms. The van der Waals surface area contributed by atoms with Crippen LogP contribution in [0.3, 0.4) is 0 Å². The first kappa shape index (κ1) is 20.7. The molecule has 0 aliphatic rings. The van der Waals surface area contributed by atoms with Crippen LogP contribution in [0.1, 0.15) is 18.9 Å². The molecule has 29 heavy (non-hydrogen) atoms. The first-order valence-corrected chi connectivity index (χ1v) is 10.4. The van der Waals surface area contributed by atoms with E-state index in [0.29, 0.717) is 12.1 Å².